The van der Waals surface area contributed by atoms with Gasteiger partial charge in [0.2, 0.25) is 11.8 Å². The number of piperidine rings is 1. The van der Waals surface area contributed by atoms with Gasteiger partial charge in [0, 0.05) is 25.3 Å². The first-order chi connectivity index (χ1) is 7.59. The molecule has 3 N–H and O–H groups in total. The summed E-state index contributed by atoms with van der Waals surface area (Å²) in [6.45, 7) is 1.28. The zero-order valence-corrected chi connectivity index (χ0v) is 10.0. The Hall–Kier alpha value is -0.750. The van der Waals surface area contributed by atoms with Gasteiger partial charge in [-0.15, -0.1) is 0 Å². The molecule has 0 radical (unpaired) electrons. The van der Waals surface area contributed by atoms with Crippen molar-refractivity contribution in [2.24, 2.45) is 5.73 Å². The van der Waals surface area contributed by atoms with Crippen LogP contribution in [-0.4, -0.2) is 52.5 Å². The van der Waals surface area contributed by atoms with Crippen LogP contribution in [0.3, 0.4) is 0 Å². The molecule has 1 saturated heterocycles. The molecule has 1 fully saturated rings. The molecule has 0 atom stereocenters. The van der Waals surface area contributed by atoms with E-state index in [9.17, 15) is 14.7 Å². The Morgan fingerprint density at radius 3 is 2.56 bits per heavy atom. The van der Waals surface area contributed by atoms with Crippen LogP contribution in [0.2, 0.25) is 0 Å². The SMILES string of the molecule is NC(=O)CSCCC(=O)N1CCC(O)CC1. The van der Waals surface area contributed by atoms with E-state index in [1.807, 2.05) is 0 Å². The first-order valence-electron chi connectivity index (χ1n) is 5.41. The number of hydrogen-bond donors (Lipinski definition) is 2. The Balaban J connectivity index is 2.12. The molecule has 1 rings (SSSR count). The van der Waals surface area contributed by atoms with E-state index in [-0.39, 0.29) is 23.7 Å². The minimum absolute atomic E-state index is 0.101. The summed E-state index contributed by atoms with van der Waals surface area (Å²) in [4.78, 5) is 23.9. The summed E-state index contributed by atoms with van der Waals surface area (Å²) >= 11 is 1.38. The molecule has 5 nitrogen and oxygen atoms in total. The van der Waals surface area contributed by atoms with Gasteiger partial charge in [-0.1, -0.05) is 0 Å². The Kier molecular flexibility index (Phi) is 5.62. The molecule has 0 unspecified atom stereocenters. The van der Waals surface area contributed by atoms with Crippen molar-refractivity contribution in [3.05, 3.63) is 0 Å². The molecule has 0 bridgehead atoms. The summed E-state index contributed by atoms with van der Waals surface area (Å²) < 4.78 is 0. The predicted octanol–water partition coefficient (Wildman–Crippen LogP) is -0.422. The van der Waals surface area contributed by atoms with Crippen LogP contribution in [0.4, 0.5) is 0 Å². The number of nitrogens with two attached hydrogens (primary N) is 1. The van der Waals surface area contributed by atoms with E-state index < -0.39 is 0 Å². The maximum absolute atomic E-state index is 11.7. The Labute approximate surface area is 99.4 Å². The van der Waals surface area contributed by atoms with E-state index in [2.05, 4.69) is 0 Å². The monoisotopic (exact) mass is 246 g/mol. The number of rotatable bonds is 5. The highest BCUT2D eigenvalue weighted by Gasteiger charge is 2.20. The Morgan fingerprint density at radius 1 is 1.38 bits per heavy atom. The second-order valence-corrected chi connectivity index (χ2v) is 4.99. The normalized spacial score (nSPS) is 17.4. The van der Waals surface area contributed by atoms with Crippen LogP contribution in [0, 0.1) is 0 Å². The minimum atomic E-state index is -0.349. The van der Waals surface area contributed by atoms with Crippen LogP contribution in [0.1, 0.15) is 19.3 Å². The topological polar surface area (TPSA) is 83.6 Å². The van der Waals surface area contributed by atoms with E-state index in [1.165, 1.54) is 11.8 Å². The highest BCUT2D eigenvalue weighted by Crippen LogP contribution is 2.12. The molecule has 2 amide bonds. The summed E-state index contributed by atoms with van der Waals surface area (Å²) in [5.74, 6) is 0.648. The van der Waals surface area contributed by atoms with Crippen LogP contribution >= 0.6 is 11.8 Å². The number of likely N-dealkylation sites (tertiary alicyclic amines) is 1. The predicted molar refractivity (Wildman–Crippen MR) is 63.0 cm³/mol. The number of amides is 2. The number of nitrogens with zero attached hydrogens (tertiary/aromatic N) is 1. The minimum Gasteiger partial charge on any atom is -0.393 e. The van der Waals surface area contributed by atoms with Crippen LogP contribution < -0.4 is 5.73 Å². The number of aliphatic hydroxyl groups is 1. The van der Waals surface area contributed by atoms with Crippen LogP contribution in [-0.2, 0) is 9.59 Å². The molecule has 6 heteroatoms. The van der Waals surface area contributed by atoms with Crippen molar-refractivity contribution in [3.63, 3.8) is 0 Å². The molecule has 0 aromatic carbocycles. The quantitative estimate of drug-likeness (QED) is 0.645. The van der Waals surface area contributed by atoms with E-state index in [4.69, 9.17) is 5.73 Å². The third-order valence-electron chi connectivity index (χ3n) is 2.52. The molecular weight excluding hydrogens is 228 g/mol. The van der Waals surface area contributed by atoms with E-state index >= 15 is 0 Å². The van der Waals surface area contributed by atoms with Crippen molar-refractivity contribution < 1.29 is 14.7 Å². The van der Waals surface area contributed by atoms with Crippen molar-refractivity contribution in [1.82, 2.24) is 4.90 Å². The molecule has 16 heavy (non-hydrogen) atoms. The number of thioether (sulfide) groups is 1. The summed E-state index contributed by atoms with van der Waals surface area (Å²) in [7, 11) is 0. The molecular formula is C10H18N2O3S. The average molecular weight is 246 g/mol. The molecule has 1 aliphatic rings. The van der Waals surface area contributed by atoms with Gasteiger partial charge in [-0.2, -0.15) is 11.8 Å². The van der Waals surface area contributed by atoms with Gasteiger partial charge in [-0.3, -0.25) is 9.59 Å². The van der Waals surface area contributed by atoms with Gasteiger partial charge in [0.25, 0.3) is 0 Å². The highest BCUT2D eigenvalue weighted by molar-refractivity contribution is 7.99. The summed E-state index contributed by atoms with van der Waals surface area (Å²) in [5, 5.41) is 9.29. The number of hydrogen-bond acceptors (Lipinski definition) is 4. The van der Waals surface area contributed by atoms with Gasteiger partial charge in [0.15, 0.2) is 0 Å². The summed E-state index contributed by atoms with van der Waals surface area (Å²) in [6.07, 6.45) is 1.52. The van der Waals surface area contributed by atoms with Gasteiger partial charge < -0.3 is 15.7 Å². The average Bonchev–Trinajstić information content (AvgIpc) is 2.25. The molecule has 1 heterocycles. The van der Waals surface area contributed by atoms with Crippen molar-refractivity contribution in [2.75, 3.05) is 24.6 Å². The fraction of sp³-hybridized carbons (Fsp3) is 0.800. The Bertz CT molecular complexity index is 252. The summed E-state index contributed by atoms with van der Waals surface area (Å²) in [6, 6.07) is 0. The maximum atomic E-state index is 11.7. The third kappa shape index (κ3) is 4.85. The van der Waals surface area contributed by atoms with Crippen LogP contribution in [0.15, 0.2) is 0 Å². The van der Waals surface area contributed by atoms with Gasteiger partial charge in [0.05, 0.1) is 11.9 Å². The molecule has 92 valence electrons. The summed E-state index contributed by atoms with van der Waals surface area (Å²) in [5.41, 5.74) is 4.98. The van der Waals surface area contributed by atoms with E-state index in [0.717, 1.165) is 0 Å². The molecule has 0 aromatic heterocycles. The van der Waals surface area contributed by atoms with Crippen molar-refractivity contribution in [1.29, 1.82) is 0 Å². The van der Waals surface area contributed by atoms with Gasteiger partial charge >= 0.3 is 0 Å². The fourth-order valence-corrected chi connectivity index (χ4v) is 2.27. The second-order valence-electron chi connectivity index (χ2n) is 3.88. The lowest BCUT2D eigenvalue weighted by Crippen LogP contribution is -2.40. The van der Waals surface area contributed by atoms with Gasteiger partial charge in [-0.05, 0) is 12.8 Å². The van der Waals surface area contributed by atoms with Crippen LogP contribution in [0.5, 0.6) is 0 Å². The number of carbonyl (C=O) groups excluding carboxylic acids is 2. The smallest absolute Gasteiger partial charge is 0.227 e. The fourth-order valence-electron chi connectivity index (χ4n) is 1.61. The maximum Gasteiger partial charge on any atom is 0.227 e. The number of primary amides is 1. The molecule has 1 aliphatic heterocycles. The third-order valence-corrected chi connectivity index (χ3v) is 3.50. The lowest BCUT2D eigenvalue weighted by atomic mass is 10.1. The first kappa shape index (κ1) is 13.3. The Morgan fingerprint density at radius 2 is 2.00 bits per heavy atom. The van der Waals surface area contributed by atoms with Crippen molar-refractivity contribution in [2.45, 2.75) is 25.4 Å². The zero-order chi connectivity index (χ0) is 12.0. The second kappa shape index (κ2) is 6.75. The van der Waals surface area contributed by atoms with Crippen molar-refractivity contribution >= 4 is 23.6 Å². The highest BCUT2D eigenvalue weighted by atomic mass is 32.2. The molecule has 0 aromatic rings. The van der Waals surface area contributed by atoms with E-state index in [1.54, 1.807) is 4.90 Å². The lowest BCUT2D eigenvalue weighted by molar-refractivity contribution is -0.132. The molecule has 0 aliphatic carbocycles. The molecule has 0 saturated carbocycles. The number of aliphatic hydroxyl groups excluding tert-OH is 1. The van der Waals surface area contributed by atoms with Crippen LogP contribution in [0.25, 0.3) is 0 Å². The standard InChI is InChI=1S/C10H18N2O3S/c11-9(14)7-16-6-3-10(15)12-4-1-8(13)2-5-12/h8,13H,1-7H2,(H2,11,14). The van der Waals surface area contributed by atoms with Gasteiger partial charge in [-0.25, -0.2) is 0 Å². The van der Waals surface area contributed by atoms with Gasteiger partial charge in [0.1, 0.15) is 0 Å². The first-order valence-corrected chi connectivity index (χ1v) is 6.57. The van der Waals surface area contributed by atoms with E-state index in [0.29, 0.717) is 38.1 Å². The van der Waals surface area contributed by atoms with Crippen molar-refractivity contribution in [3.8, 4) is 0 Å². The molecule has 0 spiro atoms. The lowest BCUT2D eigenvalue weighted by Gasteiger charge is -2.29. The number of carbonyl (C=O) groups is 2. The largest absolute Gasteiger partial charge is 0.393 e. The zero-order valence-electron chi connectivity index (χ0n) is 9.22.